The number of nitrogens with one attached hydrogen (secondary N) is 1. The van der Waals surface area contributed by atoms with Gasteiger partial charge in [0.25, 0.3) is 0 Å². The van der Waals surface area contributed by atoms with Crippen molar-refractivity contribution in [1.29, 1.82) is 0 Å². The lowest BCUT2D eigenvalue weighted by Crippen LogP contribution is -2.09. The molecule has 4 heteroatoms. The molecule has 0 saturated carbocycles. The SMILES string of the molecule is CNCCc1coc2c(Br)cc(Cl)cc12. The van der Waals surface area contributed by atoms with Crippen molar-refractivity contribution in [1.82, 2.24) is 5.32 Å². The molecule has 0 unspecified atom stereocenters. The van der Waals surface area contributed by atoms with Gasteiger partial charge in [0, 0.05) is 10.4 Å². The van der Waals surface area contributed by atoms with Crippen LogP contribution in [0.25, 0.3) is 11.0 Å². The molecule has 0 aliphatic rings. The summed E-state index contributed by atoms with van der Waals surface area (Å²) in [6.07, 6.45) is 2.74. The number of hydrogen-bond donors (Lipinski definition) is 1. The minimum Gasteiger partial charge on any atom is -0.463 e. The second kappa shape index (κ2) is 4.56. The third-order valence-corrected chi connectivity index (χ3v) is 3.12. The Morgan fingerprint density at radius 3 is 3.00 bits per heavy atom. The summed E-state index contributed by atoms with van der Waals surface area (Å²) in [5.41, 5.74) is 2.05. The molecule has 15 heavy (non-hydrogen) atoms. The van der Waals surface area contributed by atoms with Gasteiger partial charge in [-0.25, -0.2) is 0 Å². The van der Waals surface area contributed by atoms with Crippen LogP contribution in [0.5, 0.6) is 0 Å². The molecule has 0 radical (unpaired) electrons. The zero-order valence-electron chi connectivity index (χ0n) is 8.31. The smallest absolute Gasteiger partial charge is 0.148 e. The average Bonchev–Trinajstić information content (AvgIpc) is 2.58. The van der Waals surface area contributed by atoms with Crippen LogP contribution in [0.2, 0.25) is 5.02 Å². The molecule has 1 aromatic carbocycles. The fourth-order valence-electron chi connectivity index (χ4n) is 1.57. The third-order valence-electron chi connectivity index (χ3n) is 2.32. The van der Waals surface area contributed by atoms with Gasteiger partial charge in [0.05, 0.1) is 10.7 Å². The normalized spacial score (nSPS) is 11.1. The predicted octanol–water partition coefficient (Wildman–Crippen LogP) is 3.61. The summed E-state index contributed by atoms with van der Waals surface area (Å²) in [5, 5.41) is 4.92. The first-order valence-corrected chi connectivity index (χ1v) is 5.89. The van der Waals surface area contributed by atoms with E-state index in [0.717, 1.165) is 33.4 Å². The number of hydrogen-bond acceptors (Lipinski definition) is 2. The standard InChI is InChI=1S/C11H11BrClNO/c1-14-3-2-7-6-15-11-9(7)4-8(13)5-10(11)12/h4-6,14H,2-3H2,1H3. The number of likely N-dealkylation sites (N-methyl/N-ethyl adjacent to an activating group) is 1. The second-order valence-corrected chi connectivity index (χ2v) is 4.67. The number of fused-ring (bicyclic) bond motifs is 1. The van der Waals surface area contributed by atoms with Crippen molar-refractivity contribution in [2.24, 2.45) is 0 Å². The van der Waals surface area contributed by atoms with Gasteiger partial charge in [-0.15, -0.1) is 0 Å². The van der Waals surface area contributed by atoms with Gasteiger partial charge in [0.2, 0.25) is 0 Å². The molecular weight excluding hydrogens is 277 g/mol. The molecule has 0 bridgehead atoms. The summed E-state index contributed by atoms with van der Waals surface area (Å²) in [6, 6.07) is 3.78. The number of halogens is 2. The molecule has 0 saturated heterocycles. The van der Waals surface area contributed by atoms with E-state index in [1.807, 2.05) is 19.2 Å². The van der Waals surface area contributed by atoms with E-state index < -0.39 is 0 Å². The Morgan fingerprint density at radius 2 is 2.27 bits per heavy atom. The highest BCUT2D eigenvalue weighted by atomic mass is 79.9. The molecule has 2 rings (SSSR count). The Balaban J connectivity index is 2.49. The van der Waals surface area contributed by atoms with E-state index in [1.54, 1.807) is 6.26 Å². The molecule has 0 aliphatic carbocycles. The van der Waals surface area contributed by atoms with Gasteiger partial charge in [-0.1, -0.05) is 11.6 Å². The second-order valence-electron chi connectivity index (χ2n) is 3.38. The van der Waals surface area contributed by atoms with Crippen LogP contribution in [-0.2, 0) is 6.42 Å². The van der Waals surface area contributed by atoms with Gasteiger partial charge in [0.1, 0.15) is 5.58 Å². The Hall–Kier alpha value is -0.510. The first-order valence-electron chi connectivity index (χ1n) is 4.72. The van der Waals surface area contributed by atoms with E-state index in [0.29, 0.717) is 0 Å². The fourth-order valence-corrected chi connectivity index (χ4v) is 2.47. The molecular formula is C11H11BrClNO. The summed E-state index contributed by atoms with van der Waals surface area (Å²) in [6.45, 7) is 0.929. The van der Waals surface area contributed by atoms with E-state index in [4.69, 9.17) is 16.0 Å². The Kier molecular flexibility index (Phi) is 3.34. The highest BCUT2D eigenvalue weighted by molar-refractivity contribution is 9.10. The molecule has 0 aliphatic heterocycles. The minimum absolute atomic E-state index is 0.724. The zero-order valence-corrected chi connectivity index (χ0v) is 10.7. The molecule has 0 amide bonds. The molecule has 0 spiro atoms. The van der Waals surface area contributed by atoms with Crippen molar-refractivity contribution in [2.75, 3.05) is 13.6 Å². The van der Waals surface area contributed by atoms with Crippen LogP contribution in [0.3, 0.4) is 0 Å². The maximum absolute atomic E-state index is 6.00. The largest absolute Gasteiger partial charge is 0.463 e. The lowest BCUT2D eigenvalue weighted by atomic mass is 10.1. The summed E-state index contributed by atoms with van der Waals surface area (Å²) < 4.78 is 6.40. The van der Waals surface area contributed by atoms with E-state index in [2.05, 4.69) is 21.2 Å². The van der Waals surface area contributed by atoms with Gasteiger partial charge >= 0.3 is 0 Å². The van der Waals surface area contributed by atoms with Gasteiger partial charge in [0.15, 0.2) is 0 Å². The number of benzene rings is 1. The molecule has 80 valence electrons. The van der Waals surface area contributed by atoms with Crippen LogP contribution < -0.4 is 5.32 Å². The number of furan rings is 1. The van der Waals surface area contributed by atoms with Crippen LogP contribution >= 0.6 is 27.5 Å². The van der Waals surface area contributed by atoms with Crippen LogP contribution in [0, 0.1) is 0 Å². The average molecular weight is 289 g/mol. The van der Waals surface area contributed by atoms with Crippen LogP contribution in [0.4, 0.5) is 0 Å². The quantitative estimate of drug-likeness (QED) is 0.933. The van der Waals surface area contributed by atoms with Crippen LogP contribution in [0.1, 0.15) is 5.56 Å². The lowest BCUT2D eigenvalue weighted by Gasteiger charge is -1.98. The first-order chi connectivity index (χ1) is 7.22. The predicted molar refractivity (Wildman–Crippen MR) is 66.6 cm³/mol. The van der Waals surface area contributed by atoms with E-state index in [-0.39, 0.29) is 0 Å². The van der Waals surface area contributed by atoms with Crippen molar-refractivity contribution in [3.63, 3.8) is 0 Å². The number of rotatable bonds is 3. The third kappa shape index (κ3) is 2.19. The summed E-state index contributed by atoms with van der Waals surface area (Å²) >= 11 is 9.43. The summed E-state index contributed by atoms with van der Waals surface area (Å²) in [5.74, 6) is 0. The molecule has 2 aromatic rings. The minimum atomic E-state index is 0.724. The van der Waals surface area contributed by atoms with E-state index in [1.165, 1.54) is 5.56 Å². The van der Waals surface area contributed by atoms with Crippen molar-refractivity contribution in [2.45, 2.75) is 6.42 Å². The zero-order chi connectivity index (χ0) is 10.8. The highest BCUT2D eigenvalue weighted by Crippen LogP contribution is 2.31. The van der Waals surface area contributed by atoms with Gasteiger partial charge in [-0.05, 0) is 53.6 Å². The summed E-state index contributed by atoms with van der Waals surface area (Å²) in [4.78, 5) is 0. The van der Waals surface area contributed by atoms with Crippen LogP contribution in [-0.4, -0.2) is 13.6 Å². The monoisotopic (exact) mass is 287 g/mol. The maximum Gasteiger partial charge on any atom is 0.148 e. The molecule has 0 atom stereocenters. The van der Waals surface area contributed by atoms with Crippen molar-refractivity contribution >= 4 is 38.5 Å². The van der Waals surface area contributed by atoms with E-state index in [9.17, 15) is 0 Å². The Labute approximate surface area is 102 Å². The molecule has 0 fully saturated rings. The van der Waals surface area contributed by atoms with Gasteiger partial charge < -0.3 is 9.73 Å². The van der Waals surface area contributed by atoms with Crippen LogP contribution in [0.15, 0.2) is 27.3 Å². The Bertz CT molecular complexity index is 481. The molecule has 1 heterocycles. The molecule has 1 aromatic heterocycles. The molecule has 2 nitrogen and oxygen atoms in total. The fraction of sp³-hybridized carbons (Fsp3) is 0.273. The van der Waals surface area contributed by atoms with Crippen molar-refractivity contribution in [3.8, 4) is 0 Å². The van der Waals surface area contributed by atoms with Crippen molar-refractivity contribution in [3.05, 3.63) is 33.5 Å². The van der Waals surface area contributed by atoms with Crippen molar-refractivity contribution < 1.29 is 4.42 Å². The Morgan fingerprint density at radius 1 is 1.47 bits per heavy atom. The van der Waals surface area contributed by atoms with Gasteiger partial charge in [-0.2, -0.15) is 0 Å². The van der Waals surface area contributed by atoms with E-state index >= 15 is 0 Å². The topological polar surface area (TPSA) is 25.2 Å². The lowest BCUT2D eigenvalue weighted by molar-refractivity contribution is 0.607. The molecule has 1 N–H and O–H groups in total. The maximum atomic E-state index is 6.00. The highest BCUT2D eigenvalue weighted by Gasteiger charge is 2.09. The summed E-state index contributed by atoms with van der Waals surface area (Å²) in [7, 11) is 1.94. The first kappa shape index (κ1) is 11.0. The van der Waals surface area contributed by atoms with Gasteiger partial charge in [-0.3, -0.25) is 0 Å².